The highest BCUT2D eigenvalue weighted by Crippen LogP contribution is 2.24. The summed E-state index contributed by atoms with van der Waals surface area (Å²) in [6.45, 7) is 8.05. The first-order valence-corrected chi connectivity index (χ1v) is 8.03. The van der Waals surface area contributed by atoms with E-state index in [1.54, 1.807) is 6.20 Å². The Morgan fingerprint density at radius 3 is 2.86 bits per heavy atom. The van der Waals surface area contributed by atoms with E-state index < -0.39 is 5.91 Å². The van der Waals surface area contributed by atoms with Gasteiger partial charge in [-0.15, -0.1) is 0 Å². The molecule has 1 fully saturated rings. The Labute approximate surface area is 132 Å². The number of anilines is 1. The molecule has 22 heavy (non-hydrogen) atoms. The smallest absolute Gasteiger partial charge is 0.268 e. The molecule has 2 rings (SSSR count). The van der Waals surface area contributed by atoms with Crippen molar-refractivity contribution in [2.45, 2.75) is 52.2 Å². The van der Waals surface area contributed by atoms with Gasteiger partial charge >= 0.3 is 0 Å². The van der Waals surface area contributed by atoms with E-state index in [9.17, 15) is 4.79 Å². The van der Waals surface area contributed by atoms with Crippen LogP contribution in [0.5, 0.6) is 0 Å². The Kier molecular flexibility index (Phi) is 5.71. The number of nitrogens with zero attached hydrogens (tertiary/aromatic N) is 3. The van der Waals surface area contributed by atoms with E-state index in [1.807, 2.05) is 0 Å². The molecule has 0 aromatic carbocycles. The lowest BCUT2D eigenvalue weighted by Gasteiger charge is -2.40. The number of ether oxygens (including phenoxy) is 1. The number of hydrogen-bond donors (Lipinski definition) is 1. The van der Waals surface area contributed by atoms with Gasteiger partial charge in [0.1, 0.15) is 11.5 Å². The number of morpholine rings is 1. The minimum atomic E-state index is -0.550. The van der Waals surface area contributed by atoms with E-state index in [2.05, 4.69) is 35.6 Å². The number of hydrogen-bond acceptors (Lipinski definition) is 5. The van der Waals surface area contributed by atoms with E-state index in [0.717, 1.165) is 32.4 Å². The maximum absolute atomic E-state index is 11.3. The highest BCUT2D eigenvalue weighted by atomic mass is 16.5. The van der Waals surface area contributed by atoms with Crippen LogP contribution in [0.3, 0.4) is 0 Å². The number of amides is 1. The molecule has 6 nitrogen and oxygen atoms in total. The fourth-order valence-electron chi connectivity index (χ4n) is 2.64. The molecule has 1 aliphatic heterocycles. The fourth-order valence-corrected chi connectivity index (χ4v) is 2.64. The van der Waals surface area contributed by atoms with Gasteiger partial charge < -0.3 is 15.4 Å². The van der Waals surface area contributed by atoms with Crippen LogP contribution >= 0.6 is 0 Å². The van der Waals surface area contributed by atoms with Crippen LogP contribution in [0.25, 0.3) is 0 Å². The lowest BCUT2D eigenvalue weighted by atomic mass is 10.0. The van der Waals surface area contributed by atoms with Crippen LogP contribution in [0.2, 0.25) is 0 Å². The summed E-state index contributed by atoms with van der Waals surface area (Å²) in [5.41, 5.74) is 5.50. The van der Waals surface area contributed by atoms with E-state index in [0.29, 0.717) is 11.7 Å². The monoisotopic (exact) mass is 306 g/mol. The van der Waals surface area contributed by atoms with E-state index in [-0.39, 0.29) is 17.9 Å². The van der Waals surface area contributed by atoms with Crippen LogP contribution in [-0.2, 0) is 4.74 Å². The first-order valence-electron chi connectivity index (χ1n) is 8.03. The first kappa shape index (κ1) is 16.7. The second-order valence-electron chi connectivity index (χ2n) is 6.21. The molecule has 122 valence electrons. The summed E-state index contributed by atoms with van der Waals surface area (Å²) in [4.78, 5) is 21.9. The fraction of sp³-hybridized carbons (Fsp3) is 0.688. The van der Waals surface area contributed by atoms with Crippen LogP contribution in [0.15, 0.2) is 12.4 Å². The van der Waals surface area contributed by atoms with Gasteiger partial charge in [0.15, 0.2) is 0 Å². The average molecular weight is 306 g/mol. The van der Waals surface area contributed by atoms with Gasteiger partial charge in [0.05, 0.1) is 24.6 Å². The molecule has 2 N–H and O–H groups in total. The van der Waals surface area contributed by atoms with Gasteiger partial charge in [0.2, 0.25) is 0 Å². The SMILES string of the molecule is CCCC[C@@H]1CN(c2cncc(C(N)=O)n2)C[C@H](C(C)C)O1. The molecule has 0 unspecified atom stereocenters. The van der Waals surface area contributed by atoms with Crippen LogP contribution < -0.4 is 10.6 Å². The molecule has 0 aliphatic carbocycles. The highest BCUT2D eigenvalue weighted by Gasteiger charge is 2.30. The zero-order valence-corrected chi connectivity index (χ0v) is 13.7. The molecule has 6 heteroatoms. The van der Waals surface area contributed by atoms with Gasteiger partial charge in [-0.1, -0.05) is 33.6 Å². The van der Waals surface area contributed by atoms with Crippen molar-refractivity contribution in [2.75, 3.05) is 18.0 Å². The van der Waals surface area contributed by atoms with Crippen LogP contribution in [0.4, 0.5) is 5.82 Å². The molecule has 0 saturated carbocycles. The molecular weight excluding hydrogens is 280 g/mol. The lowest BCUT2D eigenvalue weighted by Crippen LogP contribution is -2.50. The molecule has 1 aromatic rings. The maximum atomic E-state index is 11.3. The summed E-state index contributed by atoms with van der Waals surface area (Å²) in [5, 5.41) is 0. The Bertz CT molecular complexity index is 507. The molecular formula is C16H26N4O2. The maximum Gasteiger partial charge on any atom is 0.268 e. The van der Waals surface area contributed by atoms with Crippen molar-refractivity contribution in [1.82, 2.24) is 9.97 Å². The van der Waals surface area contributed by atoms with Crippen molar-refractivity contribution in [1.29, 1.82) is 0 Å². The molecule has 1 aliphatic rings. The highest BCUT2D eigenvalue weighted by molar-refractivity contribution is 5.90. The van der Waals surface area contributed by atoms with Crippen molar-refractivity contribution in [3.05, 3.63) is 18.1 Å². The Morgan fingerprint density at radius 2 is 2.23 bits per heavy atom. The summed E-state index contributed by atoms with van der Waals surface area (Å²) in [5.74, 6) is 0.580. The zero-order chi connectivity index (χ0) is 16.1. The van der Waals surface area contributed by atoms with Gasteiger partial charge in [-0.2, -0.15) is 0 Å². The number of rotatable bonds is 6. The molecule has 1 saturated heterocycles. The number of carbonyl (C=O) groups excluding carboxylic acids is 1. The third-order valence-corrected chi connectivity index (χ3v) is 4.01. The predicted octanol–water partition coefficient (Wildman–Crippen LogP) is 2.00. The Morgan fingerprint density at radius 1 is 1.45 bits per heavy atom. The number of primary amides is 1. The van der Waals surface area contributed by atoms with Crippen molar-refractivity contribution < 1.29 is 9.53 Å². The molecule has 1 aromatic heterocycles. The third-order valence-electron chi connectivity index (χ3n) is 4.01. The number of aromatic nitrogens is 2. The van der Waals surface area contributed by atoms with Crippen molar-refractivity contribution in [3.8, 4) is 0 Å². The summed E-state index contributed by atoms with van der Waals surface area (Å²) < 4.78 is 6.20. The van der Waals surface area contributed by atoms with Crippen LogP contribution in [-0.4, -0.2) is 41.2 Å². The average Bonchev–Trinajstić information content (AvgIpc) is 2.52. The number of unbranched alkanes of at least 4 members (excludes halogenated alkanes) is 1. The number of carbonyl (C=O) groups is 1. The zero-order valence-electron chi connectivity index (χ0n) is 13.7. The minimum Gasteiger partial charge on any atom is -0.371 e. The van der Waals surface area contributed by atoms with Crippen LogP contribution in [0, 0.1) is 5.92 Å². The quantitative estimate of drug-likeness (QED) is 0.869. The molecule has 0 radical (unpaired) electrons. The van der Waals surface area contributed by atoms with Gasteiger partial charge in [-0.25, -0.2) is 4.98 Å². The number of nitrogens with two attached hydrogens (primary N) is 1. The first-order chi connectivity index (χ1) is 10.5. The molecule has 0 spiro atoms. The van der Waals surface area contributed by atoms with Crippen LogP contribution in [0.1, 0.15) is 50.5 Å². The van der Waals surface area contributed by atoms with E-state index in [1.165, 1.54) is 6.20 Å². The van der Waals surface area contributed by atoms with Gasteiger partial charge in [0.25, 0.3) is 5.91 Å². The summed E-state index contributed by atoms with van der Waals surface area (Å²) in [6, 6.07) is 0. The summed E-state index contributed by atoms with van der Waals surface area (Å²) in [7, 11) is 0. The Hall–Kier alpha value is -1.69. The summed E-state index contributed by atoms with van der Waals surface area (Å²) >= 11 is 0. The van der Waals surface area contributed by atoms with Crippen molar-refractivity contribution in [2.24, 2.45) is 11.7 Å². The van der Waals surface area contributed by atoms with E-state index in [4.69, 9.17) is 10.5 Å². The normalized spacial score (nSPS) is 22.1. The predicted molar refractivity (Wildman–Crippen MR) is 85.8 cm³/mol. The molecule has 1 amide bonds. The molecule has 0 bridgehead atoms. The molecule has 2 atom stereocenters. The standard InChI is InChI=1S/C16H26N4O2/c1-4-5-6-12-9-20(10-14(22-12)11(2)3)15-8-18-7-13(19-15)16(17)21/h7-8,11-12,14H,4-6,9-10H2,1-3H3,(H2,17,21)/t12-,14-/m1/s1. The molecule has 2 heterocycles. The Balaban J connectivity index is 2.16. The summed E-state index contributed by atoms with van der Waals surface area (Å²) in [6.07, 6.45) is 6.79. The largest absolute Gasteiger partial charge is 0.371 e. The second-order valence-corrected chi connectivity index (χ2v) is 6.21. The lowest BCUT2D eigenvalue weighted by molar-refractivity contribution is -0.0521. The van der Waals surface area contributed by atoms with E-state index >= 15 is 0 Å². The van der Waals surface area contributed by atoms with Crippen molar-refractivity contribution >= 4 is 11.7 Å². The third kappa shape index (κ3) is 4.16. The van der Waals surface area contributed by atoms with Gasteiger partial charge in [-0.3, -0.25) is 9.78 Å². The van der Waals surface area contributed by atoms with Gasteiger partial charge in [-0.05, 0) is 12.3 Å². The minimum absolute atomic E-state index is 0.162. The van der Waals surface area contributed by atoms with Crippen molar-refractivity contribution in [3.63, 3.8) is 0 Å². The van der Waals surface area contributed by atoms with Gasteiger partial charge in [0, 0.05) is 13.1 Å². The topological polar surface area (TPSA) is 81.3 Å². The second kappa shape index (κ2) is 7.54.